The summed E-state index contributed by atoms with van der Waals surface area (Å²) in [5.41, 5.74) is -0.142. The summed E-state index contributed by atoms with van der Waals surface area (Å²) in [6.45, 7) is 4.36. The van der Waals surface area contributed by atoms with Gasteiger partial charge in [0.1, 0.15) is 11.5 Å². The van der Waals surface area contributed by atoms with Gasteiger partial charge in [0.2, 0.25) is 5.41 Å². The van der Waals surface area contributed by atoms with E-state index in [9.17, 15) is 13.8 Å². The Balaban J connectivity index is 2.42. The summed E-state index contributed by atoms with van der Waals surface area (Å²) in [6.07, 6.45) is 1.44. The minimum atomic E-state index is -4.96. The van der Waals surface area contributed by atoms with E-state index in [1.807, 2.05) is 0 Å². The van der Waals surface area contributed by atoms with E-state index in [-0.39, 0.29) is 12.2 Å². The number of thiophene rings is 1. The van der Waals surface area contributed by atoms with Gasteiger partial charge in [-0.25, -0.2) is 9.18 Å². The number of esters is 1. The van der Waals surface area contributed by atoms with E-state index in [2.05, 4.69) is 6.58 Å². The minimum absolute atomic E-state index is 0.0824. The number of carbonyl (C=O) groups is 1. The van der Waals surface area contributed by atoms with Crippen molar-refractivity contribution in [1.82, 2.24) is 0 Å². The van der Waals surface area contributed by atoms with E-state index in [4.69, 9.17) is 14.5 Å². The number of carbonyl (C=O) groups excluding carboxylic acids is 1. The second kappa shape index (κ2) is 5.93. The summed E-state index contributed by atoms with van der Waals surface area (Å²) in [7, 11) is -4.96. The number of fused-ring (bicyclic) bond motifs is 1. The van der Waals surface area contributed by atoms with Crippen LogP contribution < -0.4 is 0 Å². The fourth-order valence-electron chi connectivity index (χ4n) is 1.80. The molecule has 8 heteroatoms. The predicted octanol–water partition coefficient (Wildman–Crippen LogP) is 3.56. The van der Waals surface area contributed by atoms with Gasteiger partial charge in [0.15, 0.2) is 0 Å². The lowest BCUT2D eigenvalue weighted by molar-refractivity contribution is 0.0555. The number of benzene rings is 1. The number of rotatable bonds is 5. The van der Waals surface area contributed by atoms with Gasteiger partial charge in [0.25, 0.3) is 0 Å². The van der Waals surface area contributed by atoms with Gasteiger partial charge in [-0.3, -0.25) is 4.57 Å². The van der Waals surface area contributed by atoms with Crippen LogP contribution in [0.3, 0.4) is 0 Å². The summed E-state index contributed by atoms with van der Waals surface area (Å²) in [6, 6.07) is 5.66. The molecule has 0 amide bonds. The van der Waals surface area contributed by atoms with Crippen LogP contribution in [0.1, 0.15) is 22.2 Å². The molecule has 118 valence electrons. The molecule has 0 aliphatic heterocycles. The molecule has 0 aliphatic rings. The molecule has 1 aromatic carbocycles. The van der Waals surface area contributed by atoms with E-state index >= 15 is 0 Å². The van der Waals surface area contributed by atoms with E-state index in [1.54, 1.807) is 0 Å². The third-order valence-electron chi connectivity index (χ3n) is 3.12. The molecule has 0 spiro atoms. The zero-order chi connectivity index (χ0) is 16.5. The van der Waals surface area contributed by atoms with E-state index in [0.717, 1.165) is 18.3 Å². The smallest absolute Gasteiger partial charge is 0.366 e. The molecule has 5 nitrogen and oxygen atoms in total. The van der Waals surface area contributed by atoms with E-state index < -0.39 is 19.0 Å². The van der Waals surface area contributed by atoms with Crippen molar-refractivity contribution in [3.05, 3.63) is 47.4 Å². The van der Waals surface area contributed by atoms with Crippen molar-refractivity contribution in [3.63, 3.8) is 0 Å². The lowest BCUT2D eigenvalue weighted by Gasteiger charge is -2.21. The van der Waals surface area contributed by atoms with Crippen LogP contribution in [0.25, 0.3) is 10.1 Å². The van der Waals surface area contributed by atoms with Crippen molar-refractivity contribution < 1.29 is 28.3 Å². The molecule has 22 heavy (non-hydrogen) atoms. The molecular weight excluding hydrogens is 330 g/mol. The van der Waals surface area contributed by atoms with E-state index in [1.165, 1.54) is 30.3 Å². The number of halogens is 1. The topological polar surface area (TPSA) is 83.8 Å². The average molecular weight is 344 g/mol. The quantitative estimate of drug-likeness (QED) is 0.492. The molecule has 0 aliphatic carbocycles. The van der Waals surface area contributed by atoms with Crippen LogP contribution in [-0.2, 0) is 14.7 Å². The molecule has 1 unspecified atom stereocenters. The van der Waals surface area contributed by atoms with Crippen molar-refractivity contribution >= 4 is 35.0 Å². The predicted molar refractivity (Wildman–Crippen MR) is 82.8 cm³/mol. The zero-order valence-corrected chi connectivity index (χ0v) is 13.4. The van der Waals surface area contributed by atoms with Crippen LogP contribution in [0, 0.1) is 0 Å². The summed E-state index contributed by atoms with van der Waals surface area (Å²) < 4.78 is 31.2. The Morgan fingerprint density at radius 3 is 2.77 bits per heavy atom. The van der Waals surface area contributed by atoms with Crippen molar-refractivity contribution in [2.45, 2.75) is 12.3 Å². The first-order chi connectivity index (χ1) is 10.2. The van der Waals surface area contributed by atoms with Gasteiger partial charge in [-0.15, -0.1) is 11.3 Å². The molecule has 0 radical (unpaired) electrons. The van der Waals surface area contributed by atoms with Crippen LogP contribution in [-0.4, -0.2) is 22.4 Å². The van der Waals surface area contributed by atoms with Crippen LogP contribution in [0.4, 0.5) is 4.39 Å². The Kier molecular flexibility index (Phi) is 4.54. The molecule has 2 N–H and O–H groups in total. The third kappa shape index (κ3) is 3.13. The maximum atomic E-state index is 14.3. The molecule has 1 aromatic heterocycles. The molecule has 0 saturated heterocycles. The van der Waals surface area contributed by atoms with Gasteiger partial charge < -0.3 is 14.5 Å². The molecule has 2 aromatic rings. The first-order valence-electron chi connectivity index (χ1n) is 6.23. The van der Waals surface area contributed by atoms with Crippen LogP contribution >= 0.6 is 18.9 Å². The Morgan fingerprint density at radius 2 is 2.18 bits per heavy atom. The molecule has 0 saturated carbocycles. The highest BCUT2D eigenvalue weighted by molar-refractivity contribution is 7.52. The van der Waals surface area contributed by atoms with Gasteiger partial charge in [0.05, 0.1) is 0 Å². The van der Waals surface area contributed by atoms with Crippen LogP contribution in [0.2, 0.25) is 0 Å². The maximum absolute atomic E-state index is 14.3. The first kappa shape index (κ1) is 16.8. The SMILES string of the molecule is C=CCOC(=O)c1cc2cc(C(C)(F)P(=O)(O)O)ccc2s1. The Labute approximate surface area is 130 Å². The summed E-state index contributed by atoms with van der Waals surface area (Å²) >= 11 is 1.16. The molecule has 0 bridgehead atoms. The fourth-order valence-corrected chi connectivity index (χ4v) is 3.21. The van der Waals surface area contributed by atoms with Gasteiger partial charge in [-0.2, -0.15) is 0 Å². The summed E-state index contributed by atoms with van der Waals surface area (Å²) in [4.78, 5) is 30.3. The van der Waals surface area contributed by atoms with Crippen molar-refractivity contribution in [2.24, 2.45) is 0 Å². The largest absolute Gasteiger partial charge is 0.457 e. The van der Waals surface area contributed by atoms with Gasteiger partial charge in [-0.05, 0) is 30.5 Å². The normalized spacial score (nSPS) is 14.5. The fraction of sp³-hybridized carbons (Fsp3) is 0.214. The number of ether oxygens (including phenoxy) is 1. The van der Waals surface area contributed by atoms with Gasteiger partial charge in [-0.1, -0.05) is 18.7 Å². The molecule has 1 atom stereocenters. The standard InChI is InChI=1S/C14H14FO5PS/c1-3-6-20-13(16)12-8-9-7-10(4-5-11(9)22-12)14(2,15)21(17,18)19/h3-5,7-8H,1,6H2,2H3,(H2,17,18,19). The van der Waals surface area contributed by atoms with Gasteiger partial charge >= 0.3 is 13.6 Å². The minimum Gasteiger partial charge on any atom is -0.457 e. The molecular formula is C14H14FO5PS. The van der Waals surface area contributed by atoms with Crippen LogP contribution in [0.15, 0.2) is 36.9 Å². The number of hydrogen-bond acceptors (Lipinski definition) is 4. The third-order valence-corrected chi connectivity index (χ3v) is 5.57. The second-order valence-corrected chi connectivity index (χ2v) is 7.76. The Bertz CT molecular complexity index is 777. The highest BCUT2D eigenvalue weighted by Gasteiger charge is 2.44. The Hall–Kier alpha value is -1.53. The monoisotopic (exact) mass is 344 g/mol. The highest BCUT2D eigenvalue weighted by Crippen LogP contribution is 2.58. The van der Waals surface area contributed by atoms with Crippen molar-refractivity contribution in [3.8, 4) is 0 Å². The second-order valence-electron chi connectivity index (χ2n) is 4.75. The lowest BCUT2D eigenvalue weighted by Crippen LogP contribution is -2.15. The lowest BCUT2D eigenvalue weighted by atomic mass is 10.1. The summed E-state index contributed by atoms with van der Waals surface area (Å²) in [5.74, 6) is -0.527. The number of hydrogen-bond donors (Lipinski definition) is 2. The first-order valence-corrected chi connectivity index (χ1v) is 8.66. The van der Waals surface area contributed by atoms with Gasteiger partial charge in [0, 0.05) is 10.3 Å². The molecule has 2 rings (SSSR count). The molecule has 1 heterocycles. The summed E-state index contributed by atoms with van der Waals surface area (Å²) in [5, 5.41) is -2.27. The zero-order valence-electron chi connectivity index (χ0n) is 11.7. The van der Waals surface area contributed by atoms with Crippen molar-refractivity contribution in [2.75, 3.05) is 6.61 Å². The average Bonchev–Trinajstić information content (AvgIpc) is 2.86. The van der Waals surface area contributed by atoms with E-state index in [0.29, 0.717) is 15.0 Å². The highest BCUT2D eigenvalue weighted by atomic mass is 32.1. The van der Waals surface area contributed by atoms with Crippen molar-refractivity contribution in [1.29, 1.82) is 0 Å². The van der Waals surface area contributed by atoms with Crippen LogP contribution in [0.5, 0.6) is 0 Å². The maximum Gasteiger partial charge on any atom is 0.366 e. The number of alkyl halides is 1. The Morgan fingerprint density at radius 1 is 1.50 bits per heavy atom. The molecule has 0 fully saturated rings.